The van der Waals surface area contributed by atoms with E-state index >= 15 is 0 Å². The molecule has 3 heterocycles. The van der Waals surface area contributed by atoms with Crippen molar-refractivity contribution < 1.29 is 4.42 Å². The molecule has 0 saturated carbocycles. The van der Waals surface area contributed by atoms with Crippen LogP contribution in [0.25, 0.3) is 0 Å². The maximum Gasteiger partial charge on any atom is 0.117 e. The zero-order chi connectivity index (χ0) is 15.4. The van der Waals surface area contributed by atoms with Gasteiger partial charge in [-0.2, -0.15) is 0 Å². The highest BCUT2D eigenvalue weighted by Gasteiger charge is 2.21. The van der Waals surface area contributed by atoms with Gasteiger partial charge in [0, 0.05) is 37.1 Å². The highest BCUT2D eigenvalue weighted by molar-refractivity contribution is 5.16. The van der Waals surface area contributed by atoms with Gasteiger partial charge in [0.05, 0.1) is 12.8 Å². The lowest BCUT2D eigenvalue weighted by atomic mass is 10.0. The van der Waals surface area contributed by atoms with Gasteiger partial charge in [0.25, 0.3) is 0 Å². The van der Waals surface area contributed by atoms with Gasteiger partial charge in [-0.25, -0.2) is 0 Å². The third-order valence-electron chi connectivity index (χ3n) is 4.47. The number of hydrogen-bond acceptors (Lipinski definition) is 4. The van der Waals surface area contributed by atoms with Gasteiger partial charge in [-0.3, -0.25) is 9.88 Å². The summed E-state index contributed by atoms with van der Waals surface area (Å²) >= 11 is 0. The fraction of sp³-hybridized carbons (Fsp3) is 0.500. The lowest BCUT2D eigenvalue weighted by molar-refractivity contribution is 0.174. The highest BCUT2D eigenvalue weighted by atomic mass is 16.3. The van der Waals surface area contributed by atoms with Crippen molar-refractivity contribution in [3.8, 4) is 0 Å². The molecule has 4 heteroatoms. The number of nitrogens with zero attached hydrogens (tertiary/aromatic N) is 2. The van der Waals surface area contributed by atoms with E-state index in [9.17, 15) is 0 Å². The number of hydrogen-bond donors (Lipinski definition) is 1. The number of pyridine rings is 1. The van der Waals surface area contributed by atoms with Gasteiger partial charge >= 0.3 is 0 Å². The van der Waals surface area contributed by atoms with Crippen molar-refractivity contribution in [1.29, 1.82) is 0 Å². The number of likely N-dealkylation sites (tertiary alicyclic amines) is 1. The SMILES string of the molecule is Cc1ccc([C@H](C)NC2CCN(Cc3ccco3)CC2)cn1. The van der Waals surface area contributed by atoms with E-state index in [-0.39, 0.29) is 0 Å². The second kappa shape index (κ2) is 7.07. The predicted octanol–water partition coefficient (Wildman–Crippen LogP) is 3.30. The molecular formula is C18H25N3O. The van der Waals surface area contributed by atoms with Crippen LogP contribution in [0, 0.1) is 6.92 Å². The first kappa shape index (κ1) is 15.3. The van der Waals surface area contributed by atoms with E-state index in [1.807, 2.05) is 19.2 Å². The van der Waals surface area contributed by atoms with Gasteiger partial charge in [0.1, 0.15) is 5.76 Å². The van der Waals surface area contributed by atoms with Gasteiger partial charge in [0.2, 0.25) is 0 Å². The van der Waals surface area contributed by atoms with E-state index in [0.29, 0.717) is 12.1 Å². The van der Waals surface area contributed by atoms with E-state index in [2.05, 4.69) is 40.3 Å². The van der Waals surface area contributed by atoms with Crippen LogP contribution in [-0.4, -0.2) is 29.0 Å². The smallest absolute Gasteiger partial charge is 0.117 e. The van der Waals surface area contributed by atoms with Gasteiger partial charge in [0.15, 0.2) is 0 Å². The van der Waals surface area contributed by atoms with Gasteiger partial charge in [-0.15, -0.1) is 0 Å². The monoisotopic (exact) mass is 299 g/mol. The molecule has 1 atom stereocenters. The van der Waals surface area contributed by atoms with Crippen molar-refractivity contribution in [1.82, 2.24) is 15.2 Å². The molecule has 0 spiro atoms. The first-order chi connectivity index (χ1) is 10.7. The second-order valence-corrected chi connectivity index (χ2v) is 6.25. The minimum Gasteiger partial charge on any atom is -0.468 e. The molecule has 3 rings (SSSR count). The van der Waals surface area contributed by atoms with Crippen LogP contribution in [0.1, 0.15) is 42.8 Å². The van der Waals surface area contributed by atoms with Crippen molar-refractivity contribution >= 4 is 0 Å². The number of furan rings is 1. The largest absolute Gasteiger partial charge is 0.468 e. The molecule has 0 aromatic carbocycles. The standard InChI is InChI=1S/C18H25N3O/c1-14-5-6-16(12-19-14)15(2)20-17-7-9-21(10-8-17)13-18-4-3-11-22-18/h3-6,11-12,15,17,20H,7-10,13H2,1-2H3/t15-/m0/s1. The molecule has 4 nitrogen and oxygen atoms in total. The van der Waals surface area contributed by atoms with Crippen LogP contribution >= 0.6 is 0 Å². The minimum absolute atomic E-state index is 0.356. The van der Waals surface area contributed by atoms with Gasteiger partial charge < -0.3 is 9.73 Å². The van der Waals surface area contributed by atoms with Crippen molar-refractivity contribution in [2.45, 2.75) is 45.3 Å². The van der Waals surface area contributed by atoms with Crippen LogP contribution in [0.5, 0.6) is 0 Å². The number of piperidine rings is 1. The number of aromatic nitrogens is 1. The summed E-state index contributed by atoms with van der Waals surface area (Å²) in [5.41, 5.74) is 2.34. The summed E-state index contributed by atoms with van der Waals surface area (Å²) in [7, 11) is 0. The Morgan fingerprint density at radius 1 is 1.32 bits per heavy atom. The Hall–Kier alpha value is -1.65. The maximum atomic E-state index is 5.43. The Morgan fingerprint density at radius 2 is 2.14 bits per heavy atom. The third-order valence-corrected chi connectivity index (χ3v) is 4.47. The first-order valence-electron chi connectivity index (χ1n) is 8.14. The summed E-state index contributed by atoms with van der Waals surface area (Å²) in [6.45, 7) is 7.42. The van der Waals surface area contributed by atoms with Crippen LogP contribution < -0.4 is 5.32 Å². The normalized spacial score (nSPS) is 18.5. The Kier molecular flexibility index (Phi) is 4.90. The van der Waals surface area contributed by atoms with E-state index in [0.717, 1.165) is 31.1 Å². The van der Waals surface area contributed by atoms with Crippen molar-refractivity contribution in [2.24, 2.45) is 0 Å². The highest BCUT2D eigenvalue weighted by Crippen LogP contribution is 2.18. The molecule has 2 aromatic heterocycles. The topological polar surface area (TPSA) is 41.3 Å². The first-order valence-corrected chi connectivity index (χ1v) is 8.14. The maximum absolute atomic E-state index is 5.43. The summed E-state index contributed by atoms with van der Waals surface area (Å²) in [4.78, 5) is 6.86. The molecule has 1 aliphatic heterocycles. The van der Waals surface area contributed by atoms with Crippen molar-refractivity contribution in [3.63, 3.8) is 0 Å². The molecule has 1 aliphatic rings. The lowest BCUT2D eigenvalue weighted by Gasteiger charge is -2.33. The van der Waals surface area contributed by atoms with Gasteiger partial charge in [-0.1, -0.05) is 6.07 Å². The quantitative estimate of drug-likeness (QED) is 0.920. The van der Waals surface area contributed by atoms with E-state index in [4.69, 9.17) is 4.42 Å². The Labute approximate surface area is 132 Å². The molecule has 2 aromatic rings. The number of aryl methyl sites for hydroxylation is 1. The number of nitrogens with one attached hydrogen (secondary N) is 1. The molecule has 22 heavy (non-hydrogen) atoms. The zero-order valence-electron chi connectivity index (χ0n) is 13.5. The molecule has 1 N–H and O–H groups in total. The molecule has 0 radical (unpaired) electrons. The van der Waals surface area contributed by atoms with Crippen LogP contribution in [0.3, 0.4) is 0 Å². The summed E-state index contributed by atoms with van der Waals surface area (Å²) in [5, 5.41) is 3.74. The Balaban J connectivity index is 1.46. The summed E-state index contributed by atoms with van der Waals surface area (Å²) in [6.07, 6.45) is 6.11. The average Bonchev–Trinajstić information content (AvgIpc) is 3.03. The molecule has 1 fully saturated rings. The molecule has 118 valence electrons. The third kappa shape index (κ3) is 3.96. The van der Waals surface area contributed by atoms with Crippen LogP contribution in [0.2, 0.25) is 0 Å². The molecular weight excluding hydrogens is 274 g/mol. The fourth-order valence-corrected chi connectivity index (χ4v) is 3.07. The van der Waals surface area contributed by atoms with Gasteiger partial charge in [-0.05, 0) is 50.5 Å². The molecule has 1 saturated heterocycles. The minimum atomic E-state index is 0.356. The van der Waals surface area contributed by atoms with Crippen molar-refractivity contribution in [3.05, 3.63) is 53.7 Å². The average molecular weight is 299 g/mol. The fourth-order valence-electron chi connectivity index (χ4n) is 3.07. The second-order valence-electron chi connectivity index (χ2n) is 6.25. The van der Waals surface area contributed by atoms with Crippen LogP contribution in [-0.2, 0) is 6.54 Å². The van der Waals surface area contributed by atoms with E-state index in [1.165, 1.54) is 18.4 Å². The lowest BCUT2D eigenvalue weighted by Crippen LogP contribution is -2.42. The summed E-state index contributed by atoms with van der Waals surface area (Å²) < 4.78 is 5.43. The summed E-state index contributed by atoms with van der Waals surface area (Å²) in [6, 6.07) is 9.21. The molecule has 0 unspecified atom stereocenters. The molecule has 0 aliphatic carbocycles. The number of rotatable bonds is 5. The van der Waals surface area contributed by atoms with Crippen LogP contribution in [0.4, 0.5) is 0 Å². The Bertz CT molecular complexity index is 557. The van der Waals surface area contributed by atoms with E-state index in [1.54, 1.807) is 6.26 Å². The van der Waals surface area contributed by atoms with E-state index < -0.39 is 0 Å². The molecule has 0 amide bonds. The summed E-state index contributed by atoms with van der Waals surface area (Å²) in [5.74, 6) is 1.06. The Morgan fingerprint density at radius 3 is 2.77 bits per heavy atom. The predicted molar refractivity (Wildman–Crippen MR) is 87.5 cm³/mol. The molecule has 0 bridgehead atoms. The zero-order valence-corrected chi connectivity index (χ0v) is 13.5. The van der Waals surface area contributed by atoms with Crippen LogP contribution in [0.15, 0.2) is 41.1 Å². The van der Waals surface area contributed by atoms with Crippen molar-refractivity contribution in [2.75, 3.05) is 13.1 Å².